The van der Waals surface area contributed by atoms with Gasteiger partial charge in [-0.3, -0.25) is 10.4 Å². The van der Waals surface area contributed by atoms with Gasteiger partial charge in [0.1, 0.15) is 5.82 Å². The number of anilines is 1. The predicted octanol–water partition coefficient (Wildman–Crippen LogP) is 3.14. The van der Waals surface area contributed by atoms with Crippen molar-refractivity contribution in [2.45, 2.75) is 56.9 Å². The fraction of sp³-hybridized carbons (Fsp3) is 0.500. The third-order valence-electron chi connectivity index (χ3n) is 5.11. The Balaban J connectivity index is 1.31. The van der Waals surface area contributed by atoms with E-state index in [1.807, 2.05) is 12.1 Å². The maximum absolute atomic E-state index is 12.2. The van der Waals surface area contributed by atoms with Gasteiger partial charge in [0.25, 0.3) is 0 Å². The number of hydrogen-bond acceptors (Lipinski definition) is 3. The highest BCUT2D eigenvalue weighted by molar-refractivity contribution is 5.87. The number of benzene rings is 1. The van der Waals surface area contributed by atoms with Gasteiger partial charge >= 0.3 is 6.03 Å². The number of hydrogen-bond donors (Lipinski definition) is 3. The zero-order valence-electron chi connectivity index (χ0n) is 13.7. The molecule has 1 fully saturated rings. The molecule has 0 atom stereocenters. The van der Waals surface area contributed by atoms with Gasteiger partial charge in [0.2, 0.25) is 5.95 Å². The first-order chi connectivity index (χ1) is 11.8. The summed E-state index contributed by atoms with van der Waals surface area (Å²) in [6.07, 6.45) is 7.87. The molecular weight excluding hydrogens is 302 g/mol. The summed E-state index contributed by atoms with van der Waals surface area (Å²) in [5.41, 5.74) is 2.64. The number of nitrogens with zero attached hydrogens (tertiary/aromatic N) is 2. The van der Waals surface area contributed by atoms with Gasteiger partial charge in [0, 0.05) is 12.0 Å². The molecule has 2 aromatic rings. The number of carbonyl (C=O) groups is 1. The van der Waals surface area contributed by atoms with Crippen molar-refractivity contribution in [3.8, 4) is 0 Å². The quantitative estimate of drug-likeness (QED) is 0.810. The Hall–Kier alpha value is -2.37. The van der Waals surface area contributed by atoms with Crippen LogP contribution in [0.4, 0.5) is 10.7 Å². The molecule has 126 valence electrons. The number of aromatic nitrogens is 3. The van der Waals surface area contributed by atoms with Gasteiger partial charge in [-0.2, -0.15) is 4.98 Å². The molecule has 6 heteroatoms. The number of amides is 2. The Morgan fingerprint density at radius 2 is 1.79 bits per heavy atom. The van der Waals surface area contributed by atoms with Crippen LogP contribution in [0.1, 0.15) is 55.0 Å². The number of fused-ring (bicyclic) bond motifs is 1. The van der Waals surface area contributed by atoms with E-state index in [-0.39, 0.29) is 12.1 Å². The van der Waals surface area contributed by atoms with E-state index in [4.69, 9.17) is 0 Å². The summed E-state index contributed by atoms with van der Waals surface area (Å²) in [7, 11) is 0. The third kappa shape index (κ3) is 3.27. The number of H-pyrrole nitrogens is 1. The molecule has 1 saturated carbocycles. The molecule has 1 heterocycles. The first kappa shape index (κ1) is 15.2. The minimum absolute atomic E-state index is 0.138. The average molecular weight is 325 g/mol. The molecule has 2 aliphatic rings. The summed E-state index contributed by atoms with van der Waals surface area (Å²) in [4.78, 5) is 16.6. The first-order valence-electron chi connectivity index (χ1n) is 8.84. The summed E-state index contributed by atoms with van der Waals surface area (Å²) in [5, 5.41) is 12.9. The summed E-state index contributed by atoms with van der Waals surface area (Å²) in [6, 6.07) is 8.24. The van der Waals surface area contributed by atoms with E-state index in [9.17, 15) is 4.79 Å². The Kier molecular flexibility index (Phi) is 4.19. The van der Waals surface area contributed by atoms with Gasteiger partial charge < -0.3 is 5.32 Å². The first-order valence-corrected chi connectivity index (χ1v) is 8.84. The van der Waals surface area contributed by atoms with E-state index in [0.29, 0.717) is 11.9 Å². The molecule has 0 saturated heterocycles. The van der Waals surface area contributed by atoms with Crippen LogP contribution in [0.25, 0.3) is 0 Å². The number of aromatic amines is 1. The van der Waals surface area contributed by atoms with Crippen molar-refractivity contribution < 1.29 is 4.79 Å². The maximum Gasteiger partial charge on any atom is 0.321 e. The zero-order chi connectivity index (χ0) is 16.4. The van der Waals surface area contributed by atoms with E-state index in [2.05, 4.69) is 37.9 Å². The molecular formula is C18H23N5O. The SMILES string of the molecule is O=C(Nc1n[nH]c(C2CCCCC2)n1)NC1Cc2ccccc2C1. The van der Waals surface area contributed by atoms with Crippen LogP contribution in [0.3, 0.4) is 0 Å². The van der Waals surface area contributed by atoms with Crippen molar-refractivity contribution in [1.29, 1.82) is 0 Å². The highest BCUT2D eigenvalue weighted by atomic mass is 16.2. The second-order valence-electron chi connectivity index (χ2n) is 6.85. The summed E-state index contributed by atoms with van der Waals surface area (Å²) in [6.45, 7) is 0. The van der Waals surface area contributed by atoms with Crippen molar-refractivity contribution in [2.24, 2.45) is 0 Å². The molecule has 0 radical (unpaired) electrons. The lowest BCUT2D eigenvalue weighted by Crippen LogP contribution is -2.38. The summed E-state index contributed by atoms with van der Waals surface area (Å²) < 4.78 is 0. The van der Waals surface area contributed by atoms with E-state index in [0.717, 1.165) is 31.5 Å². The fourth-order valence-electron chi connectivity index (χ4n) is 3.87. The maximum atomic E-state index is 12.2. The van der Waals surface area contributed by atoms with E-state index < -0.39 is 0 Å². The van der Waals surface area contributed by atoms with Crippen molar-refractivity contribution in [1.82, 2.24) is 20.5 Å². The van der Waals surface area contributed by atoms with E-state index in [1.165, 1.54) is 30.4 Å². The highest BCUT2D eigenvalue weighted by Crippen LogP contribution is 2.30. The topological polar surface area (TPSA) is 82.7 Å². The normalized spacial score (nSPS) is 18.3. The fourth-order valence-corrected chi connectivity index (χ4v) is 3.87. The molecule has 0 spiro atoms. The van der Waals surface area contributed by atoms with Gasteiger partial charge in [-0.1, -0.05) is 43.5 Å². The minimum atomic E-state index is -0.234. The second-order valence-corrected chi connectivity index (χ2v) is 6.85. The predicted molar refractivity (Wildman–Crippen MR) is 92.0 cm³/mol. The minimum Gasteiger partial charge on any atom is -0.334 e. The van der Waals surface area contributed by atoms with Gasteiger partial charge in [-0.15, -0.1) is 5.10 Å². The molecule has 4 rings (SSSR count). The lowest BCUT2D eigenvalue weighted by atomic mass is 9.89. The lowest BCUT2D eigenvalue weighted by Gasteiger charge is -2.18. The van der Waals surface area contributed by atoms with Crippen LogP contribution >= 0.6 is 0 Å². The summed E-state index contributed by atoms with van der Waals surface area (Å²) >= 11 is 0. The monoisotopic (exact) mass is 325 g/mol. The van der Waals surface area contributed by atoms with Crippen molar-refractivity contribution in [3.63, 3.8) is 0 Å². The van der Waals surface area contributed by atoms with Gasteiger partial charge in [0.15, 0.2) is 0 Å². The Bertz CT molecular complexity index is 695. The van der Waals surface area contributed by atoms with Crippen LogP contribution in [0.5, 0.6) is 0 Å². The molecule has 2 amide bonds. The lowest BCUT2D eigenvalue weighted by molar-refractivity contribution is 0.248. The third-order valence-corrected chi connectivity index (χ3v) is 5.11. The molecule has 0 bridgehead atoms. The molecule has 1 aromatic heterocycles. The largest absolute Gasteiger partial charge is 0.334 e. The van der Waals surface area contributed by atoms with E-state index in [1.54, 1.807) is 0 Å². The Morgan fingerprint density at radius 3 is 2.50 bits per heavy atom. The van der Waals surface area contributed by atoms with Crippen LogP contribution in [0.2, 0.25) is 0 Å². The smallest absolute Gasteiger partial charge is 0.321 e. The van der Waals surface area contributed by atoms with Crippen LogP contribution < -0.4 is 10.6 Å². The van der Waals surface area contributed by atoms with Gasteiger partial charge in [-0.05, 0) is 36.8 Å². The van der Waals surface area contributed by atoms with Gasteiger partial charge in [0.05, 0.1) is 0 Å². The van der Waals surface area contributed by atoms with Crippen LogP contribution in [-0.2, 0) is 12.8 Å². The Morgan fingerprint density at radius 1 is 1.08 bits per heavy atom. The van der Waals surface area contributed by atoms with Crippen LogP contribution in [-0.4, -0.2) is 27.3 Å². The Labute approximate surface area is 141 Å². The van der Waals surface area contributed by atoms with Crippen LogP contribution in [0, 0.1) is 0 Å². The molecule has 24 heavy (non-hydrogen) atoms. The van der Waals surface area contributed by atoms with Crippen molar-refractivity contribution >= 4 is 12.0 Å². The molecule has 0 unspecified atom stereocenters. The number of carbonyl (C=O) groups excluding carboxylic acids is 1. The number of rotatable bonds is 3. The van der Waals surface area contributed by atoms with Gasteiger partial charge in [-0.25, -0.2) is 4.79 Å². The molecule has 0 aliphatic heterocycles. The highest BCUT2D eigenvalue weighted by Gasteiger charge is 2.23. The molecule has 1 aromatic carbocycles. The van der Waals surface area contributed by atoms with E-state index >= 15 is 0 Å². The number of urea groups is 1. The van der Waals surface area contributed by atoms with Crippen molar-refractivity contribution in [3.05, 3.63) is 41.2 Å². The van der Waals surface area contributed by atoms with Crippen molar-refractivity contribution in [2.75, 3.05) is 5.32 Å². The molecule has 3 N–H and O–H groups in total. The second kappa shape index (κ2) is 6.63. The molecule has 6 nitrogen and oxygen atoms in total. The average Bonchev–Trinajstić information content (AvgIpc) is 3.21. The number of nitrogens with one attached hydrogen (secondary N) is 3. The summed E-state index contributed by atoms with van der Waals surface area (Å²) in [5.74, 6) is 1.72. The zero-order valence-corrected chi connectivity index (χ0v) is 13.7. The molecule has 2 aliphatic carbocycles. The van der Waals surface area contributed by atoms with Crippen LogP contribution in [0.15, 0.2) is 24.3 Å². The standard InChI is InChI=1S/C18H23N5O/c24-18(19-15-10-13-8-4-5-9-14(13)11-15)21-17-20-16(22-23-17)12-6-2-1-3-7-12/h4-5,8-9,12,15H,1-3,6-7,10-11H2,(H3,19,20,21,22,23,24).